The molecule has 0 bridgehead atoms. The highest BCUT2D eigenvalue weighted by Gasteiger charge is 2.18. The molecule has 78 valence electrons. The van der Waals surface area contributed by atoms with Crippen LogP contribution in [0.15, 0.2) is 30.3 Å². The summed E-state index contributed by atoms with van der Waals surface area (Å²) < 4.78 is 0. The maximum Gasteiger partial charge on any atom is 0.0844 e. The third-order valence-electron chi connectivity index (χ3n) is 1.81. The number of rotatable bonds is 5. The van der Waals surface area contributed by atoms with E-state index in [1.807, 2.05) is 18.2 Å². The molecule has 1 N–H and O–H groups in total. The third kappa shape index (κ3) is 4.36. The van der Waals surface area contributed by atoms with Crippen molar-refractivity contribution in [2.24, 2.45) is 0 Å². The lowest BCUT2D eigenvalue weighted by molar-refractivity contribution is 0.110. The normalized spacial score (nSPS) is 15.1. The summed E-state index contributed by atoms with van der Waals surface area (Å²) >= 11 is 7.32. The number of benzene rings is 1. The first-order chi connectivity index (χ1) is 6.64. The highest BCUT2D eigenvalue weighted by Crippen LogP contribution is 2.18. The minimum Gasteiger partial charge on any atom is -0.388 e. The van der Waals surface area contributed by atoms with Gasteiger partial charge in [-0.25, -0.2) is 0 Å². The van der Waals surface area contributed by atoms with Crippen LogP contribution in [0.2, 0.25) is 0 Å². The molecule has 0 radical (unpaired) electrons. The number of alkyl halides is 1. The number of aliphatic hydroxyl groups is 1. The van der Waals surface area contributed by atoms with Crippen LogP contribution in [-0.2, 0) is 5.75 Å². The van der Waals surface area contributed by atoms with Crippen LogP contribution >= 0.6 is 23.4 Å². The van der Waals surface area contributed by atoms with Crippen molar-refractivity contribution in [1.82, 2.24) is 0 Å². The molecule has 0 saturated carbocycles. The van der Waals surface area contributed by atoms with E-state index in [1.165, 1.54) is 5.56 Å². The Bertz CT molecular complexity index is 261. The molecule has 1 aromatic rings. The monoisotopic (exact) mass is 230 g/mol. The van der Waals surface area contributed by atoms with Gasteiger partial charge in [0.1, 0.15) is 0 Å². The Morgan fingerprint density at radius 1 is 1.36 bits per heavy atom. The molecule has 0 saturated heterocycles. The van der Waals surface area contributed by atoms with Crippen LogP contribution in [0.5, 0.6) is 0 Å². The van der Waals surface area contributed by atoms with Crippen molar-refractivity contribution in [2.75, 3.05) is 11.6 Å². The van der Waals surface area contributed by atoms with Gasteiger partial charge in [-0.05, 0) is 12.5 Å². The second-order valence-corrected chi connectivity index (χ2v) is 4.86. The van der Waals surface area contributed by atoms with Crippen LogP contribution in [0, 0.1) is 0 Å². The van der Waals surface area contributed by atoms with E-state index in [2.05, 4.69) is 12.1 Å². The van der Waals surface area contributed by atoms with E-state index in [4.69, 9.17) is 11.6 Å². The lowest BCUT2D eigenvalue weighted by Gasteiger charge is -2.19. The standard InChI is InChI=1S/C11H15ClOS/c1-11(13,8-12)9-14-7-10-5-3-2-4-6-10/h2-6,13H,7-9H2,1H3. The summed E-state index contributed by atoms with van der Waals surface area (Å²) in [5, 5.41) is 9.65. The summed E-state index contributed by atoms with van der Waals surface area (Å²) in [6, 6.07) is 10.2. The van der Waals surface area contributed by atoms with Gasteiger partial charge in [0.05, 0.1) is 11.5 Å². The SMILES string of the molecule is CC(O)(CCl)CSCc1ccccc1. The van der Waals surface area contributed by atoms with Gasteiger partial charge < -0.3 is 5.11 Å². The number of thioether (sulfide) groups is 1. The Kier molecular flexibility index (Phi) is 4.79. The van der Waals surface area contributed by atoms with Crippen molar-refractivity contribution in [2.45, 2.75) is 18.3 Å². The number of hydrogen-bond acceptors (Lipinski definition) is 2. The quantitative estimate of drug-likeness (QED) is 0.785. The molecule has 1 atom stereocenters. The molecule has 0 aromatic heterocycles. The molecule has 1 rings (SSSR count). The Morgan fingerprint density at radius 2 is 2.00 bits per heavy atom. The van der Waals surface area contributed by atoms with Crippen molar-refractivity contribution in [3.8, 4) is 0 Å². The lowest BCUT2D eigenvalue weighted by atomic mass is 10.2. The van der Waals surface area contributed by atoms with Crippen molar-refractivity contribution >= 4 is 23.4 Å². The maximum atomic E-state index is 9.65. The zero-order valence-corrected chi connectivity index (χ0v) is 9.81. The first kappa shape index (κ1) is 11.9. The lowest BCUT2D eigenvalue weighted by Crippen LogP contribution is -2.29. The molecule has 14 heavy (non-hydrogen) atoms. The molecular weight excluding hydrogens is 216 g/mol. The van der Waals surface area contributed by atoms with Gasteiger partial charge in [0.15, 0.2) is 0 Å². The van der Waals surface area contributed by atoms with E-state index in [0.29, 0.717) is 5.75 Å². The topological polar surface area (TPSA) is 20.2 Å². The van der Waals surface area contributed by atoms with E-state index >= 15 is 0 Å². The second kappa shape index (κ2) is 5.64. The van der Waals surface area contributed by atoms with Crippen LogP contribution in [-0.4, -0.2) is 22.3 Å². The van der Waals surface area contributed by atoms with Crippen molar-refractivity contribution < 1.29 is 5.11 Å². The first-order valence-electron chi connectivity index (χ1n) is 4.54. The van der Waals surface area contributed by atoms with Crippen LogP contribution < -0.4 is 0 Å². The average Bonchev–Trinajstić information content (AvgIpc) is 2.19. The molecule has 1 nitrogen and oxygen atoms in total. The molecule has 0 amide bonds. The summed E-state index contributed by atoms with van der Waals surface area (Å²) in [7, 11) is 0. The van der Waals surface area contributed by atoms with Crippen LogP contribution in [0.25, 0.3) is 0 Å². The molecule has 0 spiro atoms. The summed E-state index contributed by atoms with van der Waals surface area (Å²) in [5.74, 6) is 1.88. The molecule has 0 heterocycles. The highest BCUT2D eigenvalue weighted by molar-refractivity contribution is 7.98. The zero-order chi connectivity index (χ0) is 10.4. The molecule has 1 unspecified atom stereocenters. The maximum absolute atomic E-state index is 9.65. The van der Waals surface area contributed by atoms with Crippen LogP contribution in [0.1, 0.15) is 12.5 Å². The fraction of sp³-hybridized carbons (Fsp3) is 0.455. The fourth-order valence-corrected chi connectivity index (χ4v) is 2.28. The minimum atomic E-state index is -0.749. The summed E-state index contributed by atoms with van der Waals surface area (Å²) in [6.07, 6.45) is 0. The van der Waals surface area contributed by atoms with E-state index in [0.717, 1.165) is 5.75 Å². The molecule has 0 aliphatic carbocycles. The van der Waals surface area contributed by atoms with Gasteiger partial charge in [-0.2, -0.15) is 11.8 Å². The molecule has 3 heteroatoms. The number of halogens is 1. The average molecular weight is 231 g/mol. The summed E-state index contributed by atoms with van der Waals surface area (Å²) in [6.45, 7) is 1.76. The van der Waals surface area contributed by atoms with Gasteiger partial charge >= 0.3 is 0 Å². The molecule has 0 fully saturated rings. The van der Waals surface area contributed by atoms with Gasteiger partial charge in [-0.3, -0.25) is 0 Å². The Labute approximate surface area is 94.5 Å². The van der Waals surface area contributed by atoms with Gasteiger partial charge in [0.2, 0.25) is 0 Å². The Morgan fingerprint density at radius 3 is 2.57 bits per heavy atom. The van der Waals surface area contributed by atoms with Crippen molar-refractivity contribution in [3.05, 3.63) is 35.9 Å². The van der Waals surface area contributed by atoms with E-state index in [1.54, 1.807) is 18.7 Å². The summed E-state index contributed by atoms with van der Waals surface area (Å²) in [5.41, 5.74) is 0.531. The number of hydrogen-bond donors (Lipinski definition) is 1. The second-order valence-electron chi connectivity index (χ2n) is 3.61. The molecule has 0 aliphatic rings. The predicted octanol–water partition coefficient (Wildman–Crippen LogP) is 2.91. The first-order valence-corrected chi connectivity index (χ1v) is 6.23. The van der Waals surface area contributed by atoms with Gasteiger partial charge in [0, 0.05) is 11.5 Å². The minimum absolute atomic E-state index is 0.286. The largest absolute Gasteiger partial charge is 0.388 e. The van der Waals surface area contributed by atoms with Gasteiger partial charge in [-0.15, -0.1) is 11.6 Å². The predicted molar refractivity (Wildman–Crippen MR) is 63.9 cm³/mol. The van der Waals surface area contributed by atoms with Crippen molar-refractivity contribution in [1.29, 1.82) is 0 Å². The zero-order valence-electron chi connectivity index (χ0n) is 8.24. The summed E-state index contributed by atoms with van der Waals surface area (Å²) in [4.78, 5) is 0. The smallest absolute Gasteiger partial charge is 0.0844 e. The van der Waals surface area contributed by atoms with Crippen LogP contribution in [0.4, 0.5) is 0 Å². The van der Waals surface area contributed by atoms with E-state index in [9.17, 15) is 5.11 Å². The van der Waals surface area contributed by atoms with Crippen LogP contribution in [0.3, 0.4) is 0 Å². The Hall–Kier alpha value is -0.180. The van der Waals surface area contributed by atoms with E-state index in [-0.39, 0.29) is 5.88 Å². The molecule has 1 aromatic carbocycles. The van der Waals surface area contributed by atoms with E-state index < -0.39 is 5.60 Å². The van der Waals surface area contributed by atoms with Crippen molar-refractivity contribution in [3.63, 3.8) is 0 Å². The third-order valence-corrected chi connectivity index (χ3v) is 3.75. The molecular formula is C11H15ClOS. The highest BCUT2D eigenvalue weighted by atomic mass is 35.5. The van der Waals surface area contributed by atoms with Gasteiger partial charge in [0.25, 0.3) is 0 Å². The van der Waals surface area contributed by atoms with Gasteiger partial charge in [-0.1, -0.05) is 30.3 Å². The Balaban J connectivity index is 2.29. The molecule has 0 aliphatic heterocycles. The fourth-order valence-electron chi connectivity index (χ4n) is 1.00.